The quantitative estimate of drug-likeness (QED) is 0.597. The fourth-order valence-electron chi connectivity index (χ4n) is 1.16. The van der Waals surface area contributed by atoms with Gasteiger partial charge in [-0.2, -0.15) is 0 Å². The van der Waals surface area contributed by atoms with Crippen molar-refractivity contribution >= 4 is 17.7 Å². The summed E-state index contributed by atoms with van der Waals surface area (Å²) in [5.74, 6) is 0.0719. The Balaban J connectivity index is 2.47. The Kier molecular flexibility index (Phi) is 5.18. The number of aromatic nitrogens is 1. The van der Waals surface area contributed by atoms with Crippen molar-refractivity contribution < 1.29 is 9.90 Å². The van der Waals surface area contributed by atoms with Crippen LogP contribution in [0.3, 0.4) is 0 Å². The monoisotopic (exact) mass is 225 g/mol. The molecule has 0 bridgehead atoms. The van der Waals surface area contributed by atoms with E-state index in [4.69, 9.17) is 5.11 Å². The van der Waals surface area contributed by atoms with Gasteiger partial charge >= 0.3 is 5.97 Å². The maximum atomic E-state index is 10.7. The zero-order valence-electron chi connectivity index (χ0n) is 8.77. The van der Waals surface area contributed by atoms with Crippen LogP contribution in [0.25, 0.3) is 0 Å². The van der Waals surface area contributed by atoms with Crippen LogP contribution >= 0.6 is 11.8 Å². The summed E-state index contributed by atoms with van der Waals surface area (Å²) in [5, 5.41) is 8.75. The van der Waals surface area contributed by atoms with Gasteiger partial charge in [0, 0.05) is 11.1 Å². The number of nitrogens with zero attached hydrogens (tertiary/aromatic N) is 1. The highest BCUT2D eigenvalue weighted by Crippen LogP contribution is 2.19. The first-order valence-corrected chi connectivity index (χ1v) is 6.04. The summed E-state index contributed by atoms with van der Waals surface area (Å²) in [5.41, 5.74) is 0.121. The van der Waals surface area contributed by atoms with Crippen LogP contribution in [0.5, 0.6) is 0 Å². The van der Waals surface area contributed by atoms with Crippen molar-refractivity contribution in [2.24, 2.45) is 0 Å². The van der Waals surface area contributed by atoms with Crippen LogP contribution in [-0.2, 0) is 0 Å². The van der Waals surface area contributed by atoms with Crippen LogP contribution in [-0.4, -0.2) is 21.8 Å². The summed E-state index contributed by atoms with van der Waals surface area (Å²) < 4.78 is 0. The highest BCUT2D eigenvalue weighted by Gasteiger charge is 2.04. The van der Waals surface area contributed by atoms with Gasteiger partial charge in [-0.1, -0.05) is 19.8 Å². The van der Waals surface area contributed by atoms with E-state index in [1.165, 1.54) is 19.3 Å². The van der Waals surface area contributed by atoms with Gasteiger partial charge in [0.25, 0.3) is 0 Å². The summed E-state index contributed by atoms with van der Waals surface area (Å²) in [6, 6.07) is 3.47. The van der Waals surface area contributed by atoms with Crippen LogP contribution in [0, 0.1) is 0 Å². The van der Waals surface area contributed by atoms with Crippen LogP contribution in [0.4, 0.5) is 0 Å². The summed E-state index contributed by atoms with van der Waals surface area (Å²) in [7, 11) is 0. The van der Waals surface area contributed by atoms with Gasteiger partial charge in [-0.05, 0) is 24.3 Å². The van der Waals surface area contributed by atoms with Gasteiger partial charge in [0.05, 0.1) is 0 Å². The smallest absolute Gasteiger partial charge is 0.354 e. The van der Waals surface area contributed by atoms with Crippen molar-refractivity contribution in [3.63, 3.8) is 0 Å². The molecule has 1 aromatic heterocycles. The minimum absolute atomic E-state index is 0.121. The van der Waals surface area contributed by atoms with Crippen molar-refractivity contribution in [2.45, 2.75) is 31.1 Å². The molecule has 82 valence electrons. The number of carbonyl (C=O) groups is 1. The molecule has 0 spiro atoms. The fourth-order valence-corrected chi connectivity index (χ4v) is 2.10. The molecule has 0 saturated heterocycles. The largest absolute Gasteiger partial charge is 0.477 e. The van der Waals surface area contributed by atoms with Gasteiger partial charge in [-0.3, -0.25) is 0 Å². The Bertz CT molecular complexity index is 328. The Hall–Kier alpha value is -1.03. The zero-order valence-corrected chi connectivity index (χ0v) is 9.59. The van der Waals surface area contributed by atoms with Crippen molar-refractivity contribution in [3.05, 3.63) is 24.0 Å². The number of carboxylic acids is 1. The van der Waals surface area contributed by atoms with E-state index in [0.717, 1.165) is 10.6 Å². The molecular weight excluding hydrogens is 210 g/mol. The first-order valence-electron chi connectivity index (χ1n) is 5.06. The minimum Gasteiger partial charge on any atom is -0.477 e. The summed E-state index contributed by atoms with van der Waals surface area (Å²) in [6.07, 6.45) is 5.15. The van der Waals surface area contributed by atoms with Gasteiger partial charge in [0.15, 0.2) is 0 Å². The van der Waals surface area contributed by atoms with E-state index in [-0.39, 0.29) is 5.69 Å². The van der Waals surface area contributed by atoms with Gasteiger partial charge in [0.2, 0.25) is 0 Å². The standard InChI is InChI=1S/C11H15NO2S/c1-2-3-4-7-15-9-5-6-12-10(8-9)11(13)14/h5-6,8H,2-4,7H2,1H3,(H,13,14). The third-order valence-corrected chi connectivity index (χ3v) is 3.05. The average Bonchev–Trinajstić information content (AvgIpc) is 2.25. The molecule has 15 heavy (non-hydrogen) atoms. The molecule has 0 fully saturated rings. The second-order valence-electron chi connectivity index (χ2n) is 3.24. The molecule has 0 radical (unpaired) electrons. The number of hydrogen-bond donors (Lipinski definition) is 1. The molecule has 0 unspecified atom stereocenters. The van der Waals surface area contributed by atoms with Crippen LogP contribution < -0.4 is 0 Å². The third kappa shape index (κ3) is 4.34. The molecule has 0 aliphatic rings. The van der Waals surface area contributed by atoms with Gasteiger partial charge in [-0.15, -0.1) is 11.8 Å². The van der Waals surface area contributed by atoms with Crippen molar-refractivity contribution in [3.8, 4) is 0 Å². The van der Waals surface area contributed by atoms with E-state index >= 15 is 0 Å². The van der Waals surface area contributed by atoms with Crippen LogP contribution in [0.1, 0.15) is 36.7 Å². The molecule has 1 rings (SSSR count). The number of aromatic carboxylic acids is 1. The lowest BCUT2D eigenvalue weighted by atomic mass is 10.3. The number of rotatable bonds is 6. The maximum Gasteiger partial charge on any atom is 0.354 e. The summed E-state index contributed by atoms with van der Waals surface area (Å²) in [6.45, 7) is 2.17. The van der Waals surface area contributed by atoms with E-state index in [1.54, 1.807) is 24.0 Å². The molecule has 0 aromatic carbocycles. The number of pyridine rings is 1. The normalized spacial score (nSPS) is 10.2. The third-order valence-electron chi connectivity index (χ3n) is 1.97. The number of carboxylic acid groups (broad SMARTS) is 1. The lowest BCUT2D eigenvalue weighted by molar-refractivity contribution is 0.0690. The molecule has 0 atom stereocenters. The first kappa shape index (κ1) is 12.0. The summed E-state index contributed by atoms with van der Waals surface area (Å²) >= 11 is 1.69. The Morgan fingerprint density at radius 3 is 3.00 bits per heavy atom. The van der Waals surface area contributed by atoms with Crippen molar-refractivity contribution in [2.75, 3.05) is 5.75 Å². The SMILES string of the molecule is CCCCCSc1ccnc(C(=O)O)c1. The van der Waals surface area contributed by atoms with Gasteiger partial charge in [0.1, 0.15) is 5.69 Å². The topological polar surface area (TPSA) is 50.2 Å². The van der Waals surface area contributed by atoms with Crippen molar-refractivity contribution in [1.82, 2.24) is 4.98 Å². The molecule has 0 saturated carbocycles. The van der Waals surface area contributed by atoms with Crippen molar-refractivity contribution in [1.29, 1.82) is 0 Å². The molecule has 3 nitrogen and oxygen atoms in total. The summed E-state index contributed by atoms with van der Waals surface area (Å²) in [4.78, 5) is 15.4. The van der Waals surface area contributed by atoms with E-state index in [1.807, 2.05) is 6.07 Å². The molecular formula is C11H15NO2S. The lowest BCUT2D eigenvalue weighted by Gasteiger charge is -2.01. The molecule has 4 heteroatoms. The highest BCUT2D eigenvalue weighted by atomic mass is 32.2. The average molecular weight is 225 g/mol. The maximum absolute atomic E-state index is 10.7. The number of unbranched alkanes of at least 4 members (excludes halogenated alkanes) is 2. The highest BCUT2D eigenvalue weighted by molar-refractivity contribution is 7.99. The molecule has 0 aliphatic carbocycles. The Morgan fingerprint density at radius 1 is 1.53 bits per heavy atom. The number of hydrogen-bond acceptors (Lipinski definition) is 3. The van der Waals surface area contributed by atoms with E-state index < -0.39 is 5.97 Å². The van der Waals surface area contributed by atoms with E-state index in [9.17, 15) is 4.79 Å². The van der Waals surface area contributed by atoms with Crippen LogP contribution in [0.2, 0.25) is 0 Å². The Morgan fingerprint density at radius 2 is 2.33 bits per heavy atom. The molecule has 1 aromatic rings. The molecule has 1 heterocycles. The predicted octanol–water partition coefficient (Wildman–Crippen LogP) is 3.06. The van der Waals surface area contributed by atoms with Crippen LogP contribution in [0.15, 0.2) is 23.2 Å². The fraction of sp³-hybridized carbons (Fsp3) is 0.455. The molecule has 1 N–H and O–H groups in total. The minimum atomic E-state index is -0.967. The Labute approximate surface area is 93.9 Å². The lowest BCUT2D eigenvalue weighted by Crippen LogP contribution is -1.99. The zero-order chi connectivity index (χ0) is 11.1. The van der Waals surface area contributed by atoms with E-state index in [0.29, 0.717) is 0 Å². The number of thioether (sulfide) groups is 1. The molecule has 0 amide bonds. The van der Waals surface area contributed by atoms with E-state index in [2.05, 4.69) is 11.9 Å². The van der Waals surface area contributed by atoms with Gasteiger partial charge < -0.3 is 5.11 Å². The molecule has 0 aliphatic heterocycles. The first-order chi connectivity index (χ1) is 7.24. The second kappa shape index (κ2) is 6.45. The van der Waals surface area contributed by atoms with Gasteiger partial charge in [-0.25, -0.2) is 9.78 Å². The second-order valence-corrected chi connectivity index (χ2v) is 4.41. The predicted molar refractivity (Wildman–Crippen MR) is 61.4 cm³/mol.